The van der Waals surface area contributed by atoms with Crippen molar-refractivity contribution in [2.45, 2.75) is 58.3 Å². The summed E-state index contributed by atoms with van der Waals surface area (Å²) in [5, 5.41) is 3.58. The third-order valence-electron chi connectivity index (χ3n) is 3.32. The summed E-state index contributed by atoms with van der Waals surface area (Å²) in [6, 6.07) is 4.98. The van der Waals surface area contributed by atoms with Gasteiger partial charge in [-0.1, -0.05) is 0 Å². The van der Waals surface area contributed by atoms with E-state index >= 15 is 0 Å². The second-order valence-corrected chi connectivity index (χ2v) is 6.54. The van der Waals surface area contributed by atoms with Crippen LogP contribution in [0.4, 0.5) is 0 Å². The maximum absolute atomic E-state index is 5.81. The maximum atomic E-state index is 5.81. The molecule has 96 valence electrons. The Hall–Kier alpha value is -0.380. The Balaban J connectivity index is 1.69. The van der Waals surface area contributed by atoms with Gasteiger partial charge < -0.3 is 10.1 Å². The molecule has 3 unspecified atom stereocenters. The van der Waals surface area contributed by atoms with Crippen LogP contribution in [-0.4, -0.2) is 24.8 Å². The van der Waals surface area contributed by atoms with Crippen LogP contribution in [0.1, 0.15) is 36.4 Å². The van der Waals surface area contributed by atoms with Crippen LogP contribution in [0.2, 0.25) is 0 Å². The van der Waals surface area contributed by atoms with Gasteiger partial charge in [-0.05, 0) is 52.2 Å². The third-order valence-corrected chi connectivity index (χ3v) is 4.34. The van der Waals surface area contributed by atoms with Gasteiger partial charge in [0.2, 0.25) is 0 Å². The van der Waals surface area contributed by atoms with Crippen molar-refractivity contribution >= 4 is 11.3 Å². The van der Waals surface area contributed by atoms with E-state index in [9.17, 15) is 0 Å². The molecule has 0 aliphatic carbocycles. The van der Waals surface area contributed by atoms with E-state index in [1.165, 1.54) is 22.6 Å². The third kappa shape index (κ3) is 4.09. The molecule has 1 aliphatic rings. The fraction of sp³-hybridized carbons (Fsp3) is 0.714. The first-order valence-electron chi connectivity index (χ1n) is 6.57. The molecule has 0 aromatic carbocycles. The van der Waals surface area contributed by atoms with Gasteiger partial charge in [-0.25, -0.2) is 0 Å². The number of thiophene rings is 1. The van der Waals surface area contributed by atoms with Crippen LogP contribution in [0.15, 0.2) is 12.1 Å². The van der Waals surface area contributed by atoms with Crippen molar-refractivity contribution in [3.8, 4) is 0 Å². The highest BCUT2D eigenvalue weighted by atomic mass is 32.1. The molecule has 17 heavy (non-hydrogen) atoms. The molecule has 0 saturated carbocycles. The number of aryl methyl sites for hydroxylation is 1. The Labute approximate surface area is 108 Å². The highest BCUT2D eigenvalue weighted by Gasteiger charge is 2.21. The van der Waals surface area contributed by atoms with Gasteiger partial charge in [-0.2, -0.15) is 0 Å². The Morgan fingerprint density at radius 1 is 1.47 bits per heavy atom. The molecule has 0 bridgehead atoms. The van der Waals surface area contributed by atoms with E-state index in [4.69, 9.17) is 4.74 Å². The highest BCUT2D eigenvalue weighted by molar-refractivity contribution is 7.11. The molecule has 1 fully saturated rings. The van der Waals surface area contributed by atoms with E-state index in [0.29, 0.717) is 18.2 Å². The molecule has 0 radical (unpaired) electrons. The lowest BCUT2D eigenvalue weighted by molar-refractivity contribution is 0.0547. The SMILES string of the molecule is Cc1ccc(CC(C)NCC2CCC(C)O2)s1. The lowest BCUT2D eigenvalue weighted by Crippen LogP contribution is -2.34. The number of hydrogen-bond donors (Lipinski definition) is 1. The topological polar surface area (TPSA) is 21.3 Å². The van der Waals surface area contributed by atoms with Gasteiger partial charge in [0.25, 0.3) is 0 Å². The van der Waals surface area contributed by atoms with Gasteiger partial charge in [-0.15, -0.1) is 11.3 Å². The standard InChI is InChI=1S/C14H23NOS/c1-10(8-14-7-5-12(3)17-14)15-9-13-6-4-11(2)16-13/h5,7,10-11,13,15H,4,6,8-9H2,1-3H3. The molecule has 1 aliphatic heterocycles. The zero-order valence-corrected chi connectivity index (χ0v) is 11.8. The Kier molecular flexibility index (Phi) is 4.60. The summed E-state index contributed by atoms with van der Waals surface area (Å²) in [5.41, 5.74) is 0. The first-order chi connectivity index (χ1) is 8.13. The minimum atomic E-state index is 0.428. The van der Waals surface area contributed by atoms with Crippen molar-refractivity contribution in [1.82, 2.24) is 5.32 Å². The quantitative estimate of drug-likeness (QED) is 0.870. The number of nitrogens with one attached hydrogen (secondary N) is 1. The molecule has 2 heterocycles. The van der Waals surface area contributed by atoms with E-state index in [2.05, 4.69) is 38.2 Å². The van der Waals surface area contributed by atoms with E-state index < -0.39 is 0 Å². The zero-order valence-electron chi connectivity index (χ0n) is 11.0. The lowest BCUT2D eigenvalue weighted by Gasteiger charge is -2.17. The molecule has 1 saturated heterocycles. The molecular weight excluding hydrogens is 230 g/mol. The normalized spacial score (nSPS) is 26.3. The summed E-state index contributed by atoms with van der Waals surface area (Å²) in [5.74, 6) is 0. The van der Waals surface area contributed by atoms with Crippen LogP contribution >= 0.6 is 11.3 Å². The summed E-state index contributed by atoms with van der Waals surface area (Å²) in [7, 11) is 0. The van der Waals surface area contributed by atoms with Crippen molar-refractivity contribution in [2.24, 2.45) is 0 Å². The van der Waals surface area contributed by atoms with E-state index in [1.54, 1.807) is 0 Å². The lowest BCUT2D eigenvalue weighted by atomic mass is 10.1. The predicted octanol–water partition coefficient (Wildman–Crippen LogP) is 3.14. The molecule has 3 atom stereocenters. The minimum Gasteiger partial charge on any atom is -0.374 e. The van der Waals surface area contributed by atoms with Crippen molar-refractivity contribution in [1.29, 1.82) is 0 Å². The summed E-state index contributed by atoms with van der Waals surface area (Å²) >= 11 is 1.90. The molecule has 2 rings (SSSR count). The van der Waals surface area contributed by atoms with E-state index in [0.717, 1.165) is 13.0 Å². The smallest absolute Gasteiger partial charge is 0.0704 e. The van der Waals surface area contributed by atoms with Crippen molar-refractivity contribution in [3.05, 3.63) is 21.9 Å². The molecule has 1 aromatic rings. The first kappa shape index (κ1) is 13.1. The molecule has 3 heteroatoms. The van der Waals surface area contributed by atoms with Crippen molar-refractivity contribution < 1.29 is 4.74 Å². The second-order valence-electron chi connectivity index (χ2n) is 5.17. The van der Waals surface area contributed by atoms with Gasteiger partial charge in [0.15, 0.2) is 0 Å². The highest BCUT2D eigenvalue weighted by Crippen LogP contribution is 2.19. The van der Waals surface area contributed by atoms with Crippen LogP contribution in [-0.2, 0) is 11.2 Å². The number of ether oxygens (including phenoxy) is 1. The summed E-state index contributed by atoms with van der Waals surface area (Å²) in [4.78, 5) is 2.88. The number of hydrogen-bond acceptors (Lipinski definition) is 3. The summed E-state index contributed by atoms with van der Waals surface area (Å²) in [6.07, 6.45) is 4.43. The van der Waals surface area contributed by atoms with Gasteiger partial charge >= 0.3 is 0 Å². The van der Waals surface area contributed by atoms with Crippen LogP contribution in [0.25, 0.3) is 0 Å². The van der Waals surface area contributed by atoms with Crippen LogP contribution in [0, 0.1) is 6.92 Å². The predicted molar refractivity (Wildman–Crippen MR) is 73.8 cm³/mol. The van der Waals surface area contributed by atoms with Crippen molar-refractivity contribution in [3.63, 3.8) is 0 Å². The Bertz CT molecular complexity index is 350. The monoisotopic (exact) mass is 253 g/mol. The fourth-order valence-corrected chi connectivity index (χ4v) is 3.36. The average Bonchev–Trinajstić information content (AvgIpc) is 2.85. The minimum absolute atomic E-state index is 0.428. The average molecular weight is 253 g/mol. The molecule has 0 spiro atoms. The Morgan fingerprint density at radius 2 is 2.29 bits per heavy atom. The first-order valence-corrected chi connectivity index (χ1v) is 7.39. The largest absolute Gasteiger partial charge is 0.374 e. The Morgan fingerprint density at radius 3 is 2.88 bits per heavy atom. The van der Waals surface area contributed by atoms with Crippen molar-refractivity contribution in [2.75, 3.05) is 6.54 Å². The summed E-state index contributed by atoms with van der Waals surface area (Å²) in [6.45, 7) is 7.58. The molecule has 0 amide bonds. The van der Waals surface area contributed by atoms with Crippen LogP contribution in [0.3, 0.4) is 0 Å². The molecule has 1 aromatic heterocycles. The second kappa shape index (κ2) is 5.98. The van der Waals surface area contributed by atoms with E-state index in [-0.39, 0.29) is 0 Å². The van der Waals surface area contributed by atoms with Gasteiger partial charge in [-0.3, -0.25) is 0 Å². The maximum Gasteiger partial charge on any atom is 0.0704 e. The van der Waals surface area contributed by atoms with Gasteiger partial charge in [0.05, 0.1) is 12.2 Å². The van der Waals surface area contributed by atoms with Crippen LogP contribution in [0.5, 0.6) is 0 Å². The molecule has 1 N–H and O–H groups in total. The molecular formula is C14H23NOS. The van der Waals surface area contributed by atoms with E-state index in [1.807, 2.05) is 11.3 Å². The summed E-state index contributed by atoms with van der Waals surface area (Å²) < 4.78 is 5.81. The zero-order chi connectivity index (χ0) is 12.3. The van der Waals surface area contributed by atoms with Gasteiger partial charge in [0, 0.05) is 22.3 Å². The van der Waals surface area contributed by atoms with Gasteiger partial charge in [0.1, 0.15) is 0 Å². The number of rotatable bonds is 5. The van der Waals surface area contributed by atoms with Crippen LogP contribution < -0.4 is 5.32 Å². The molecule has 2 nitrogen and oxygen atoms in total. The fourth-order valence-electron chi connectivity index (χ4n) is 2.34.